The van der Waals surface area contributed by atoms with Crippen molar-refractivity contribution in [2.24, 2.45) is 0 Å². The van der Waals surface area contributed by atoms with E-state index in [-0.39, 0.29) is 5.78 Å². The van der Waals surface area contributed by atoms with Crippen molar-refractivity contribution in [2.45, 2.75) is 20.8 Å². The normalized spacial score (nSPS) is 12.7. The van der Waals surface area contributed by atoms with E-state index in [4.69, 9.17) is 9.47 Å². The minimum absolute atomic E-state index is 0.142. The number of ether oxygens (including phenoxy) is 2. The second kappa shape index (κ2) is 5.72. The van der Waals surface area contributed by atoms with E-state index in [9.17, 15) is 9.59 Å². The van der Waals surface area contributed by atoms with Gasteiger partial charge in [0, 0.05) is 6.07 Å². The topological polar surface area (TPSA) is 52.6 Å². The molecule has 23 heavy (non-hydrogen) atoms. The van der Waals surface area contributed by atoms with Gasteiger partial charge in [0.25, 0.3) is 0 Å². The first-order valence-corrected chi connectivity index (χ1v) is 7.28. The fourth-order valence-corrected chi connectivity index (χ4v) is 2.30. The number of hydrogen-bond donors (Lipinski definition) is 0. The highest BCUT2D eigenvalue weighted by Crippen LogP contribution is 2.35. The summed E-state index contributed by atoms with van der Waals surface area (Å²) in [6, 6.07) is 11.9. The van der Waals surface area contributed by atoms with Crippen LogP contribution in [-0.2, 0) is 0 Å². The molecule has 0 saturated carbocycles. The van der Waals surface area contributed by atoms with Gasteiger partial charge in [0.05, 0.1) is 11.1 Å². The van der Waals surface area contributed by atoms with Crippen molar-refractivity contribution in [3.8, 4) is 11.5 Å². The lowest BCUT2D eigenvalue weighted by Crippen LogP contribution is -2.08. The summed E-state index contributed by atoms with van der Waals surface area (Å²) in [5.41, 5.74) is 2.83. The molecular formula is C19H16O4. The monoisotopic (exact) mass is 308 g/mol. The maximum absolute atomic E-state index is 12.1. The van der Waals surface area contributed by atoms with Crippen LogP contribution in [0.5, 0.6) is 11.5 Å². The van der Waals surface area contributed by atoms with Crippen molar-refractivity contribution in [1.29, 1.82) is 0 Å². The first-order chi connectivity index (χ1) is 11.0. The molecule has 0 bridgehead atoms. The molecule has 4 nitrogen and oxygen atoms in total. The number of ketones is 1. The number of esters is 1. The third kappa shape index (κ3) is 2.88. The van der Waals surface area contributed by atoms with E-state index < -0.39 is 5.97 Å². The van der Waals surface area contributed by atoms with Crippen molar-refractivity contribution >= 4 is 11.8 Å². The van der Waals surface area contributed by atoms with Gasteiger partial charge in [-0.15, -0.1) is 0 Å². The summed E-state index contributed by atoms with van der Waals surface area (Å²) in [6.45, 7) is 5.58. The molecule has 0 N–H and O–H groups in total. The maximum Gasteiger partial charge on any atom is 0.343 e. The van der Waals surface area contributed by atoms with Gasteiger partial charge in [0.1, 0.15) is 11.5 Å². The third-order valence-electron chi connectivity index (χ3n) is 3.57. The van der Waals surface area contributed by atoms with E-state index >= 15 is 0 Å². The van der Waals surface area contributed by atoms with Crippen molar-refractivity contribution in [2.75, 3.05) is 0 Å². The van der Waals surface area contributed by atoms with E-state index in [0.29, 0.717) is 28.4 Å². The Kier molecular flexibility index (Phi) is 3.74. The minimum Gasteiger partial charge on any atom is -0.452 e. The summed E-state index contributed by atoms with van der Waals surface area (Å²) in [4.78, 5) is 24.3. The molecule has 0 radical (unpaired) electrons. The van der Waals surface area contributed by atoms with Crippen molar-refractivity contribution in [1.82, 2.24) is 0 Å². The number of aryl methyl sites for hydroxylation is 1. The Morgan fingerprint density at radius 3 is 2.39 bits per heavy atom. The third-order valence-corrected chi connectivity index (χ3v) is 3.57. The van der Waals surface area contributed by atoms with Crippen LogP contribution in [0.1, 0.15) is 40.1 Å². The Bertz CT molecular complexity index is 825. The molecular weight excluding hydrogens is 292 g/mol. The van der Waals surface area contributed by atoms with Gasteiger partial charge < -0.3 is 9.47 Å². The molecule has 0 fully saturated rings. The average molecular weight is 308 g/mol. The van der Waals surface area contributed by atoms with Crippen molar-refractivity contribution in [3.63, 3.8) is 0 Å². The van der Waals surface area contributed by atoms with Gasteiger partial charge in [-0.3, -0.25) is 4.79 Å². The molecule has 2 aromatic rings. The lowest BCUT2D eigenvalue weighted by atomic mass is 10.1. The quantitative estimate of drug-likeness (QED) is 0.476. The lowest BCUT2D eigenvalue weighted by molar-refractivity contribution is 0.0734. The molecule has 0 aliphatic carbocycles. The van der Waals surface area contributed by atoms with Crippen LogP contribution >= 0.6 is 0 Å². The molecule has 1 aliphatic rings. The van der Waals surface area contributed by atoms with Gasteiger partial charge >= 0.3 is 5.97 Å². The summed E-state index contributed by atoms with van der Waals surface area (Å²) < 4.78 is 10.9. The molecule has 0 unspecified atom stereocenters. The molecule has 3 rings (SSSR count). The van der Waals surface area contributed by atoms with Crippen LogP contribution in [0.2, 0.25) is 0 Å². The predicted molar refractivity (Wildman–Crippen MR) is 85.9 cm³/mol. The van der Waals surface area contributed by atoms with Crippen LogP contribution in [0, 0.1) is 6.92 Å². The zero-order valence-electron chi connectivity index (χ0n) is 13.2. The van der Waals surface area contributed by atoms with Gasteiger partial charge in [-0.2, -0.15) is 0 Å². The molecule has 116 valence electrons. The largest absolute Gasteiger partial charge is 0.452 e. The fraction of sp³-hybridized carbons (Fsp3) is 0.158. The van der Waals surface area contributed by atoms with E-state index in [0.717, 1.165) is 11.1 Å². The van der Waals surface area contributed by atoms with Crippen molar-refractivity contribution < 1.29 is 19.1 Å². The van der Waals surface area contributed by atoms with Gasteiger partial charge in [0.2, 0.25) is 5.78 Å². The smallest absolute Gasteiger partial charge is 0.343 e. The SMILES string of the molecule is CC(C)=C1Oc2cc(OC(=O)c3ccc(C)cc3)ccc2C1=O. The maximum atomic E-state index is 12.1. The van der Waals surface area contributed by atoms with Crippen LogP contribution in [-0.4, -0.2) is 11.8 Å². The highest BCUT2D eigenvalue weighted by molar-refractivity contribution is 6.12. The molecule has 0 aromatic heterocycles. The van der Waals surface area contributed by atoms with E-state index in [1.807, 2.05) is 32.9 Å². The first kappa shape index (κ1) is 15.0. The molecule has 0 atom stereocenters. The molecule has 4 heteroatoms. The first-order valence-electron chi connectivity index (χ1n) is 7.28. The molecule has 2 aromatic carbocycles. The lowest BCUT2D eigenvalue weighted by Gasteiger charge is -2.06. The van der Waals surface area contributed by atoms with E-state index in [1.165, 1.54) is 0 Å². The average Bonchev–Trinajstić information content (AvgIpc) is 2.84. The zero-order chi connectivity index (χ0) is 16.6. The van der Waals surface area contributed by atoms with Gasteiger partial charge in [-0.1, -0.05) is 17.7 Å². The summed E-state index contributed by atoms with van der Waals surface area (Å²) in [5.74, 6) is 0.507. The molecule has 1 heterocycles. The van der Waals surface area contributed by atoms with Crippen molar-refractivity contribution in [3.05, 3.63) is 70.5 Å². The number of fused-ring (bicyclic) bond motifs is 1. The van der Waals surface area contributed by atoms with Gasteiger partial charge in [-0.25, -0.2) is 4.79 Å². The van der Waals surface area contributed by atoms with Crippen LogP contribution in [0.3, 0.4) is 0 Å². The molecule has 0 saturated heterocycles. The van der Waals surface area contributed by atoms with Gasteiger partial charge in [0.15, 0.2) is 5.76 Å². The summed E-state index contributed by atoms with van der Waals surface area (Å²) >= 11 is 0. The van der Waals surface area contributed by atoms with E-state index in [1.54, 1.807) is 30.3 Å². The highest BCUT2D eigenvalue weighted by atomic mass is 16.5. The number of rotatable bonds is 2. The number of hydrogen-bond acceptors (Lipinski definition) is 4. The number of Topliss-reactive ketones (excluding diaryl/α,β-unsaturated/α-hetero) is 1. The van der Waals surface area contributed by atoms with Gasteiger partial charge in [-0.05, 0) is 50.6 Å². The Labute approximate surface area is 134 Å². The molecule has 0 amide bonds. The van der Waals surface area contributed by atoms with E-state index in [2.05, 4.69) is 0 Å². The summed E-state index contributed by atoms with van der Waals surface area (Å²) in [6.07, 6.45) is 0. The minimum atomic E-state index is -0.447. The summed E-state index contributed by atoms with van der Waals surface area (Å²) in [5, 5.41) is 0. The number of allylic oxidation sites excluding steroid dienone is 2. The fourth-order valence-electron chi connectivity index (χ4n) is 2.30. The summed E-state index contributed by atoms with van der Waals surface area (Å²) in [7, 11) is 0. The van der Waals surface area contributed by atoms with Crippen LogP contribution in [0.4, 0.5) is 0 Å². The Balaban J connectivity index is 1.83. The Morgan fingerprint density at radius 2 is 1.74 bits per heavy atom. The van der Waals surface area contributed by atoms with Crippen LogP contribution in [0.25, 0.3) is 0 Å². The Hall–Kier alpha value is -2.88. The molecule has 1 aliphatic heterocycles. The number of carbonyl (C=O) groups excluding carboxylic acids is 2. The number of carbonyl (C=O) groups is 2. The Morgan fingerprint density at radius 1 is 1.04 bits per heavy atom. The zero-order valence-corrected chi connectivity index (χ0v) is 13.2. The van der Waals surface area contributed by atoms with Crippen LogP contribution < -0.4 is 9.47 Å². The second-order valence-electron chi connectivity index (χ2n) is 5.67. The van der Waals surface area contributed by atoms with Crippen LogP contribution in [0.15, 0.2) is 53.8 Å². The predicted octanol–water partition coefficient (Wildman–Crippen LogP) is 4.08. The molecule has 0 spiro atoms. The highest BCUT2D eigenvalue weighted by Gasteiger charge is 2.28. The standard InChI is InChI=1S/C19H16O4/c1-11(2)18-17(20)15-9-8-14(10-16(15)23-18)22-19(21)13-6-4-12(3)5-7-13/h4-10H,1-3H3. The number of benzene rings is 2. The second-order valence-corrected chi connectivity index (χ2v) is 5.67.